The van der Waals surface area contributed by atoms with Crippen molar-refractivity contribution in [3.05, 3.63) is 29.8 Å². The van der Waals surface area contributed by atoms with Gasteiger partial charge in [-0.25, -0.2) is 13.0 Å². The number of Topliss-reactive ketones (excluding diaryl/α,β-unsaturated/α-hetero) is 1. The van der Waals surface area contributed by atoms with E-state index in [2.05, 4.69) is 0 Å². The number of hydrogen-bond donors (Lipinski definition) is 1. The smallest absolute Gasteiger partial charge is 0.295 e. The minimum absolute atomic E-state index is 0.00520. The number of nitrogens with zero attached hydrogens (tertiary/aromatic N) is 1. The molecule has 20 heavy (non-hydrogen) atoms. The fraction of sp³-hybridized carbons (Fsp3) is 0.385. The van der Waals surface area contributed by atoms with Crippen LogP contribution in [0.5, 0.6) is 0 Å². The summed E-state index contributed by atoms with van der Waals surface area (Å²) in [7, 11) is -2.98. The van der Waals surface area contributed by atoms with Gasteiger partial charge in [0.25, 0.3) is 0 Å². The van der Waals surface area contributed by atoms with Gasteiger partial charge < -0.3 is 0 Å². The molecule has 2 unspecified atom stereocenters. The van der Waals surface area contributed by atoms with E-state index in [1.165, 1.54) is 18.7 Å². The average Bonchev–Trinajstić information content (AvgIpc) is 2.79. The zero-order valence-electron chi connectivity index (χ0n) is 10.9. The first-order valence-corrected chi connectivity index (χ1v) is 8.97. The van der Waals surface area contributed by atoms with E-state index in [4.69, 9.17) is 5.73 Å². The zero-order valence-corrected chi connectivity index (χ0v) is 12.6. The van der Waals surface area contributed by atoms with E-state index in [-0.39, 0.29) is 28.6 Å². The summed E-state index contributed by atoms with van der Waals surface area (Å²) in [6.07, 6.45) is 0. The summed E-state index contributed by atoms with van der Waals surface area (Å²) in [5.74, 6) is 0.329. The first-order valence-electron chi connectivity index (χ1n) is 6.27. The van der Waals surface area contributed by atoms with Crippen LogP contribution in [0.1, 0.15) is 17.3 Å². The highest BCUT2D eigenvalue weighted by Crippen LogP contribution is 2.36. The largest absolute Gasteiger partial charge is 0.310 e. The van der Waals surface area contributed by atoms with Gasteiger partial charge in [-0.05, 0) is 43.0 Å². The van der Waals surface area contributed by atoms with Crippen LogP contribution >= 0.6 is 11.8 Å². The summed E-state index contributed by atoms with van der Waals surface area (Å²) in [5, 5.41) is 0.637. The molecular weight excluding hydrogens is 296 g/mol. The number of hydrogen-bond acceptors (Lipinski definition) is 5. The van der Waals surface area contributed by atoms with Crippen LogP contribution in [0.15, 0.2) is 24.3 Å². The number of ketones is 1. The van der Waals surface area contributed by atoms with Crippen molar-refractivity contribution in [2.45, 2.75) is 18.2 Å². The number of thioether (sulfide) groups is 1. The molecule has 1 aromatic carbocycles. The lowest BCUT2D eigenvalue weighted by Crippen LogP contribution is -2.29. The van der Waals surface area contributed by atoms with E-state index < -0.39 is 9.84 Å². The molecule has 0 bridgehead atoms. The Bertz CT molecular complexity index is 708. The molecule has 2 heterocycles. The predicted molar refractivity (Wildman–Crippen MR) is 79.4 cm³/mol. The van der Waals surface area contributed by atoms with Gasteiger partial charge in [-0.3, -0.25) is 10.5 Å². The van der Waals surface area contributed by atoms with Crippen LogP contribution in [0.4, 0.5) is 5.69 Å². The van der Waals surface area contributed by atoms with Crippen molar-refractivity contribution in [2.75, 3.05) is 11.5 Å². The van der Waals surface area contributed by atoms with Crippen molar-refractivity contribution < 1.29 is 17.8 Å². The molecule has 106 valence electrons. The Morgan fingerprint density at radius 3 is 2.55 bits per heavy atom. The minimum atomic E-state index is -2.98. The minimum Gasteiger partial charge on any atom is -0.295 e. The Morgan fingerprint density at radius 2 is 1.95 bits per heavy atom. The van der Waals surface area contributed by atoms with E-state index in [0.717, 1.165) is 5.69 Å². The molecule has 3 rings (SSSR count). The van der Waals surface area contributed by atoms with Gasteiger partial charge in [-0.1, -0.05) is 0 Å². The van der Waals surface area contributed by atoms with Crippen molar-refractivity contribution >= 4 is 38.2 Å². The molecule has 5 nitrogen and oxygen atoms in total. The number of rotatable bonds is 2. The Balaban J connectivity index is 1.97. The second-order valence-electron chi connectivity index (χ2n) is 5.11. The van der Waals surface area contributed by atoms with Crippen LogP contribution in [-0.4, -0.2) is 46.7 Å². The number of sulfone groups is 1. The summed E-state index contributed by atoms with van der Waals surface area (Å²) < 4.78 is 25.4. The average molecular weight is 311 g/mol. The molecule has 7 heteroatoms. The van der Waals surface area contributed by atoms with Gasteiger partial charge in [0.05, 0.1) is 16.8 Å². The molecule has 2 N–H and O–H groups in total. The van der Waals surface area contributed by atoms with Crippen LogP contribution in [0.2, 0.25) is 0 Å². The highest BCUT2D eigenvalue weighted by Gasteiger charge is 2.49. The molecule has 0 amide bonds. The lowest BCUT2D eigenvalue weighted by molar-refractivity contribution is -0.470. The van der Waals surface area contributed by atoms with Crippen molar-refractivity contribution in [1.29, 1.82) is 0 Å². The van der Waals surface area contributed by atoms with E-state index in [9.17, 15) is 13.2 Å². The molecule has 1 aromatic rings. The maximum absolute atomic E-state index is 11.7. The number of nitrogens with two attached hydrogens (primary N) is 1. The number of carbonyl (C=O) groups excluding carboxylic acids is 1. The first-order chi connectivity index (χ1) is 9.37. The lowest BCUT2D eigenvalue weighted by Gasteiger charge is -2.10. The van der Waals surface area contributed by atoms with Gasteiger partial charge in [0, 0.05) is 5.56 Å². The normalized spacial score (nSPS) is 27.6. The molecular formula is C13H15N2O3S2+. The molecule has 2 atom stereocenters. The fourth-order valence-corrected chi connectivity index (χ4v) is 6.52. The monoisotopic (exact) mass is 311 g/mol. The molecule has 1 fully saturated rings. The van der Waals surface area contributed by atoms with Crippen LogP contribution in [0.3, 0.4) is 0 Å². The van der Waals surface area contributed by atoms with Crippen molar-refractivity contribution in [1.82, 2.24) is 0 Å². The topological polar surface area (TPSA) is 80.2 Å². The molecule has 0 spiro atoms. The van der Waals surface area contributed by atoms with Gasteiger partial charge in [0.1, 0.15) is 11.7 Å². The zero-order chi connectivity index (χ0) is 14.5. The Kier molecular flexibility index (Phi) is 3.13. The first kappa shape index (κ1) is 13.6. The van der Waals surface area contributed by atoms with Crippen molar-refractivity contribution in [3.63, 3.8) is 0 Å². The van der Waals surface area contributed by atoms with Gasteiger partial charge in [0.2, 0.25) is 0 Å². The lowest BCUT2D eigenvalue weighted by atomic mass is 10.1. The number of amidine groups is 1. The summed E-state index contributed by atoms with van der Waals surface area (Å²) in [4.78, 5) is 11.3. The molecule has 0 aromatic heterocycles. The van der Waals surface area contributed by atoms with Crippen molar-refractivity contribution in [2.24, 2.45) is 5.73 Å². The SMILES string of the molecule is CC(=O)c1ccc([N+]2=C(N)SC3CS(=O)(=O)CC32)cc1. The van der Waals surface area contributed by atoms with Gasteiger partial charge in [-0.15, -0.1) is 0 Å². The summed E-state index contributed by atoms with van der Waals surface area (Å²) in [5.41, 5.74) is 7.50. The fourth-order valence-electron chi connectivity index (χ4n) is 2.70. The maximum Gasteiger partial charge on any atom is 0.310 e. The van der Waals surface area contributed by atoms with Crippen LogP contribution in [0.25, 0.3) is 0 Å². The quantitative estimate of drug-likeness (QED) is 0.644. The molecule has 1 saturated heterocycles. The van der Waals surface area contributed by atoms with Crippen molar-refractivity contribution in [3.8, 4) is 0 Å². The summed E-state index contributed by atoms with van der Waals surface area (Å²) in [6.45, 7) is 1.51. The van der Waals surface area contributed by atoms with Gasteiger partial charge >= 0.3 is 5.17 Å². The second kappa shape index (κ2) is 4.60. The van der Waals surface area contributed by atoms with E-state index in [0.29, 0.717) is 10.7 Å². The molecule has 2 aliphatic rings. The third-order valence-corrected chi connectivity index (χ3v) is 6.81. The third kappa shape index (κ3) is 2.25. The number of benzene rings is 1. The number of carbonyl (C=O) groups is 1. The third-order valence-electron chi connectivity index (χ3n) is 3.67. The second-order valence-corrected chi connectivity index (χ2v) is 8.53. The highest BCUT2D eigenvalue weighted by molar-refractivity contribution is 8.15. The van der Waals surface area contributed by atoms with Gasteiger partial charge in [0.15, 0.2) is 15.6 Å². The molecule has 0 aliphatic carbocycles. The Hall–Kier alpha value is -1.34. The van der Waals surface area contributed by atoms with Crippen LogP contribution in [-0.2, 0) is 9.84 Å². The standard InChI is InChI=1S/C13H14N2O3S2/c1-8(16)9-2-4-10(5-3-9)15-11-6-20(17,18)7-12(11)19-13(15)14/h2-5,11-12,14H,6-7H2,1H3/p+1. The van der Waals surface area contributed by atoms with Gasteiger partial charge in [-0.2, -0.15) is 0 Å². The number of fused-ring (bicyclic) bond motifs is 1. The van der Waals surface area contributed by atoms with E-state index in [1.54, 1.807) is 12.1 Å². The van der Waals surface area contributed by atoms with E-state index >= 15 is 0 Å². The summed E-state index contributed by atoms with van der Waals surface area (Å²) in [6, 6.07) is 7.02. The predicted octanol–water partition coefficient (Wildman–Crippen LogP) is 0.760. The molecule has 0 saturated carbocycles. The molecule has 2 aliphatic heterocycles. The highest BCUT2D eigenvalue weighted by atomic mass is 32.2. The van der Waals surface area contributed by atoms with E-state index in [1.807, 2.05) is 16.7 Å². The summed E-state index contributed by atoms with van der Waals surface area (Å²) >= 11 is 1.43. The van der Waals surface area contributed by atoms with Crippen LogP contribution < -0.4 is 5.73 Å². The maximum atomic E-state index is 11.7. The Labute approximate surface area is 121 Å². The van der Waals surface area contributed by atoms with Crippen LogP contribution in [0, 0.1) is 0 Å². The molecule has 0 radical (unpaired) electrons. The Morgan fingerprint density at radius 1 is 1.30 bits per heavy atom.